The fourth-order valence-corrected chi connectivity index (χ4v) is 4.62. The van der Waals surface area contributed by atoms with E-state index in [1.54, 1.807) is 24.3 Å². The van der Waals surface area contributed by atoms with Crippen LogP contribution in [0.2, 0.25) is 0 Å². The molecule has 1 aliphatic rings. The number of carbonyl (C=O) groups excluding carboxylic acids is 1. The van der Waals surface area contributed by atoms with E-state index in [0.29, 0.717) is 43.3 Å². The summed E-state index contributed by atoms with van der Waals surface area (Å²) in [7, 11) is -3.50. The molecule has 1 heterocycles. The number of hydrogen-bond acceptors (Lipinski definition) is 6. The smallest absolute Gasteiger partial charge is 0.269 e. The maximum Gasteiger partial charge on any atom is 0.269 e. The molecule has 2 aromatic rings. The van der Waals surface area contributed by atoms with Crippen molar-refractivity contribution in [1.82, 2.24) is 9.21 Å². The van der Waals surface area contributed by atoms with Crippen molar-refractivity contribution in [2.24, 2.45) is 0 Å². The number of aryl methyl sites for hydroxylation is 1. The number of nitrogens with one attached hydrogen (secondary N) is 1. The molecule has 0 bridgehead atoms. The fourth-order valence-electron chi connectivity index (χ4n) is 3.20. The van der Waals surface area contributed by atoms with Crippen LogP contribution in [0.15, 0.2) is 53.4 Å². The average Bonchev–Trinajstić information content (AvgIpc) is 2.73. The summed E-state index contributed by atoms with van der Waals surface area (Å²) >= 11 is 0. The Kier molecular flexibility index (Phi) is 6.80. The molecule has 30 heavy (non-hydrogen) atoms. The first-order valence-corrected chi connectivity index (χ1v) is 11.0. The van der Waals surface area contributed by atoms with Gasteiger partial charge in [0.25, 0.3) is 5.69 Å². The highest BCUT2D eigenvalue weighted by molar-refractivity contribution is 7.89. The van der Waals surface area contributed by atoms with Crippen molar-refractivity contribution in [3.8, 4) is 0 Å². The SMILES string of the molecule is Cc1ccc(S(=O)(=O)N2CCN(CCC(=O)Nc3ccc([N+](=O)[O-])cc3)CC2)cc1. The maximum absolute atomic E-state index is 12.7. The first kappa shape index (κ1) is 21.9. The topological polar surface area (TPSA) is 113 Å². The highest BCUT2D eigenvalue weighted by Crippen LogP contribution is 2.19. The molecule has 2 aromatic carbocycles. The Labute approximate surface area is 175 Å². The van der Waals surface area contributed by atoms with Gasteiger partial charge in [0.1, 0.15) is 0 Å². The molecule has 1 N–H and O–H groups in total. The van der Waals surface area contributed by atoms with Gasteiger partial charge >= 0.3 is 0 Å². The van der Waals surface area contributed by atoms with Crippen molar-refractivity contribution in [3.63, 3.8) is 0 Å². The quantitative estimate of drug-likeness (QED) is 0.530. The Bertz CT molecular complexity index is 998. The van der Waals surface area contributed by atoms with E-state index >= 15 is 0 Å². The molecule has 160 valence electrons. The van der Waals surface area contributed by atoms with Crippen LogP contribution in [0.5, 0.6) is 0 Å². The van der Waals surface area contributed by atoms with Crippen LogP contribution in [-0.4, -0.2) is 61.2 Å². The lowest BCUT2D eigenvalue weighted by atomic mass is 10.2. The second-order valence-corrected chi connectivity index (χ2v) is 9.10. The third kappa shape index (κ3) is 5.41. The molecule has 0 atom stereocenters. The van der Waals surface area contributed by atoms with Gasteiger partial charge < -0.3 is 10.2 Å². The number of nitrogens with zero attached hydrogens (tertiary/aromatic N) is 3. The van der Waals surface area contributed by atoms with Crippen LogP contribution >= 0.6 is 0 Å². The van der Waals surface area contributed by atoms with Gasteiger partial charge in [0.2, 0.25) is 15.9 Å². The van der Waals surface area contributed by atoms with Crippen molar-refractivity contribution in [2.45, 2.75) is 18.2 Å². The van der Waals surface area contributed by atoms with E-state index in [0.717, 1.165) is 5.56 Å². The van der Waals surface area contributed by atoms with Crippen molar-refractivity contribution in [2.75, 3.05) is 38.0 Å². The van der Waals surface area contributed by atoms with E-state index in [-0.39, 0.29) is 18.0 Å². The molecule has 10 heteroatoms. The molecule has 1 fully saturated rings. The molecule has 0 saturated carbocycles. The van der Waals surface area contributed by atoms with Crippen molar-refractivity contribution in [1.29, 1.82) is 0 Å². The predicted octanol–water partition coefficient (Wildman–Crippen LogP) is 2.24. The van der Waals surface area contributed by atoms with Crippen LogP contribution in [0, 0.1) is 17.0 Å². The Morgan fingerprint density at radius 1 is 1.03 bits per heavy atom. The summed E-state index contributed by atoms with van der Waals surface area (Å²) in [6, 6.07) is 12.5. The van der Waals surface area contributed by atoms with E-state index in [1.807, 2.05) is 6.92 Å². The lowest BCUT2D eigenvalue weighted by molar-refractivity contribution is -0.384. The molecule has 1 amide bonds. The van der Waals surface area contributed by atoms with Gasteiger partial charge in [0, 0.05) is 57.0 Å². The summed E-state index contributed by atoms with van der Waals surface area (Å²) in [5.41, 5.74) is 1.47. The van der Waals surface area contributed by atoms with Crippen molar-refractivity contribution >= 4 is 27.3 Å². The van der Waals surface area contributed by atoms with E-state index < -0.39 is 14.9 Å². The first-order valence-electron chi connectivity index (χ1n) is 9.59. The zero-order valence-electron chi connectivity index (χ0n) is 16.7. The van der Waals surface area contributed by atoms with Gasteiger partial charge in [-0.05, 0) is 31.2 Å². The molecule has 0 radical (unpaired) electrons. The number of hydrogen-bond donors (Lipinski definition) is 1. The zero-order chi connectivity index (χ0) is 21.7. The standard InChI is InChI=1S/C20H24N4O5S/c1-16-2-8-19(9-3-16)30(28,29)23-14-12-22(13-15-23)11-10-20(25)21-17-4-6-18(7-5-17)24(26)27/h2-9H,10-15H2,1H3,(H,21,25). The van der Waals surface area contributed by atoms with E-state index in [2.05, 4.69) is 10.2 Å². The molecular formula is C20H24N4O5S. The summed E-state index contributed by atoms with van der Waals surface area (Å²) in [4.78, 5) is 24.6. The number of anilines is 1. The predicted molar refractivity (Wildman–Crippen MR) is 113 cm³/mol. The minimum Gasteiger partial charge on any atom is -0.326 e. The molecule has 0 unspecified atom stereocenters. The summed E-state index contributed by atoms with van der Waals surface area (Å²) in [6.45, 7) is 4.27. The molecule has 3 rings (SSSR count). The number of nitro groups is 1. The second kappa shape index (κ2) is 9.33. The van der Waals surface area contributed by atoms with Gasteiger partial charge in [-0.25, -0.2) is 8.42 Å². The summed E-state index contributed by atoms with van der Waals surface area (Å²) in [5.74, 6) is -0.196. The lowest BCUT2D eigenvalue weighted by Gasteiger charge is -2.33. The van der Waals surface area contributed by atoms with Gasteiger partial charge in [-0.3, -0.25) is 14.9 Å². The van der Waals surface area contributed by atoms with E-state index in [9.17, 15) is 23.3 Å². The number of piperazine rings is 1. The zero-order valence-corrected chi connectivity index (χ0v) is 17.5. The molecule has 0 spiro atoms. The third-order valence-electron chi connectivity index (χ3n) is 5.01. The molecular weight excluding hydrogens is 408 g/mol. The molecule has 9 nitrogen and oxygen atoms in total. The largest absolute Gasteiger partial charge is 0.326 e. The Balaban J connectivity index is 1.46. The normalized spacial score (nSPS) is 15.6. The minimum atomic E-state index is -3.50. The van der Waals surface area contributed by atoms with Crippen molar-refractivity contribution in [3.05, 3.63) is 64.2 Å². The van der Waals surface area contributed by atoms with Crippen molar-refractivity contribution < 1.29 is 18.1 Å². The summed E-state index contributed by atoms with van der Waals surface area (Å²) in [5, 5.41) is 13.4. The van der Waals surface area contributed by atoms with Crippen LogP contribution in [0.4, 0.5) is 11.4 Å². The number of nitro benzene ring substituents is 1. The summed E-state index contributed by atoms with van der Waals surface area (Å²) < 4.78 is 27.0. The average molecular weight is 433 g/mol. The number of sulfonamides is 1. The van der Waals surface area contributed by atoms with Gasteiger partial charge in [0.15, 0.2) is 0 Å². The van der Waals surface area contributed by atoms with Gasteiger partial charge in [-0.2, -0.15) is 4.31 Å². The monoisotopic (exact) mass is 432 g/mol. The number of rotatable bonds is 7. The molecule has 0 aromatic heterocycles. The highest BCUT2D eigenvalue weighted by Gasteiger charge is 2.28. The lowest BCUT2D eigenvalue weighted by Crippen LogP contribution is -2.49. The third-order valence-corrected chi connectivity index (χ3v) is 6.92. The van der Waals surface area contributed by atoms with Crippen LogP contribution in [-0.2, 0) is 14.8 Å². The van der Waals surface area contributed by atoms with Crippen LogP contribution in [0.1, 0.15) is 12.0 Å². The number of carbonyl (C=O) groups is 1. The minimum absolute atomic E-state index is 0.0357. The van der Waals surface area contributed by atoms with Crippen LogP contribution in [0.3, 0.4) is 0 Å². The van der Waals surface area contributed by atoms with E-state index in [1.165, 1.54) is 28.6 Å². The Morgan fingerprint density at radius 2 is 1.63 bits per heavy atom. The second-order valence-electron chi connectivity index (χ2n) is 7.16. The fraction of sp³-hybridized carbons (Fsp3) is 0.350. The number of amides is 1. The first-order chi connectivity index (χ1) is 14.3. The molecule has 1 aliphatic heterocycles. The summed E-state index contributed by atoms with van der Waals surface area (Å²) in [6.07, 6.45) is 0.252. The van der Waals surface area contributed by atoms with Gasteiger partial charge in [0.05, 0.1) is 9.82 Å². The van der Waals surface area contributed by atoms with Crippen LogP contribution < -0.4 is 5.32 Å². The molecule has 1 saturated heterocycles. The Morgan fingerprint density at radius 3 is 2.20 bits per heavy atom. The maximum atomic E-state index is 12.7. The van der Waals surface area contributed by atoms with E-state index in [4.69, 9.17) is 0 Å². The van der Waals surface area contributed by atoms with Crippen LogP contribution in [0.25, 0.3) is 0 Å². The number of non-ortho nitro benzene ring substituents is 1. The molecule has 0 aliphatic carbocycles. The van der Waals surface area contributed by atoms with Gasteiger partial charge in [-0.15, -0.1) is 0 Å². The Hall–Kier alpha value is -2.82. The number of benzene rings is 2. The highest BCUT2D eigenvalue weighted by atomic mass is 32.2. The van der Waals surface area contributed by atoms with Gasteiger partial charge in [-0.1, -0.05) is 17.7 Å².